The minimum atomic E-state index is -3.23. The number of alkyl halides is 2. The maximum absolute atomic E-state index is 14.6. The summed E-state index contributed by atoms with van der Waals surface area (Å²) in [5.74, 6) is -3.00. The Morgan fingerprint density at radius 1 is 1.25 bits per heavy atom. The third-order valence-corrected chi connectivity index (χ3v) is 6.84. The molecule has 2 aliphatic rings. The number of carbonyl (C=O) groups is 2. The molecule has 3 heterocycles. The summed E-state index contributed by atoms with van der Waals surface area (Å²) in [4.78, 5) is 38.3. The van der Waals surface area contributed by atoms with Crippen molar-refractivity contribution in [2.45, 2.75) is 52.0 Å². The molecular weight excluding hydrogens is 468 g/mol. The fraction of sp³-hybridized carbons (Fsp3) is 0.462. The van der Waals surface area contributed by atoms with E-state index in [-0.39, 0.29) is 24.4 Å². The summed E-state index contributed by atoms with van der Waals surface area (Å²) in [5, 5.41) is 2.44. The maximum Gasteiger partial charge on any atom is 0.286 e. The van der Waals surface area contributed by atoms with E-state index >= 15 is 0 Å². The Morgan fingerprint density at radius 3 is 2.75 bits per heavy atom. The number of nitrogens with zero attached hydrogens (tertiary/aromatic N) is 3. The van der Waals surface area contributed by atoms with E-state index in [0.717, 1.165) is 28.9 Å². The lowest BCUT2D eigenvalue weighted by Gasteiger charge is -2.18. The van der Waals surface area contributed by atoms with Crippen LogP contribution in [0.2, 0.25) is 0 Å². The zero-order valence-corrected chi connectivity index (χ0v) is 20.5. The first kappa shape index (κ1) is 24.1. The zero-order chi connectivity index (χ0) is 25.6. The first-order valence-electron chi connectivity index (χ1n) is 12.2. The van der Waals surface area contributed by atoms with E-state index in [1.165, 1.54) is 6.33 Å². The first-order valence-corrected chi connectivity index (χ1v) is 12.2. The van der Waals surface area contributed by atoms with Gasteiger partial charge >= 0.3 is 0 Å². The van der Waals surface area contributed by atoms with Crippen LogP contribution >= 0.6 is 0 Å². The molecule has 1 aromatic carbocycles. The number of aromatic amines is 1. The summed E-state index contributed by atoms with van der Waals surface area (Å²) in [5.41, 5.74) is 3.90. The number of likely N-dealkylation sites (tertiary alicyclic amines) is 1. The van der Waals surface area contributed by atoms with Crippen molar-refractivity contribution in [3.05, 3.63) is 41.3 Å². The molecule has 3 aromatic rings. The van der Waals surface area contributed by atoms with Crippen LogP contribution in [0.3, 0.4) is 0 Å². The highest BCUT2D eigenvalue weighted by Gasteiger charge is 2.50. The molecule has 1 saturated carbocycles. The van der Waals surface area contributed by atoms with E-state index in [2.05, 4.69) is 20.3 Å². The van der Waals surface area contributed by atoms with Crippen LogP contribution < -0.4 is 10.1 Å². The standard InChI is InChI=1S/C26H29F2N5O3/c1-4-20(34)33-10-19(26(27,28)12-33)32-25(35)21-15(3)31-24-22(29-13-30-23(21)24)17-9-14(2)5-8-18(17)36-11-16-6-7-16/h5,8-9,13,16,19,31H,4,6-7,10-12H2,1-3H3,(H,32,35)/t19-/m1/s1. The van der Waals surface area contributed by atoms with E-state index in [4.69, 9.17) is 4.74 Å². The average Bonchev–Trinajstić information content (AvgIpc) is 3.53. The van der Waals surface area contributed by atoms with Gasteiger partial charge in [0, 0.05) is 24.2 Å². The van der Waals surface area contributed by atoms with Crippen LogP contribution in [0.4, 0.5) is 8.78 Å². The predicted octanol–water partition coefficient (Wildman–Crippen LogP) is 4.02. The number of aryl methyl sites for hydroxylation is 2. The molecule has 2 N–H and O–H groups in total. The number of rotatable bonds is 7. The number of nitrogens with one attached hydrogen (secondary N) is 2. The molecule has 2 amide bonds. The van der Waals surface area contributed by atoms with E-state index in [1.807, 2.05) is 25.1 Å². The Labute approximate surface area is 207 Å². The molecule has 5 rings (SSSR count). The summed E-state index contributed by atoms with van der Waals surface area (Å²) in [6.07, 6.45) is 3.82. The Hall–Kier alpha value is -3.56. The molecule has 1 saturated heterocycles. The lowest BCUT2D eigenvalue weighted by molar-refractivity contribution is -0.131. The normalized spacial score (nSPS) is 19.0. The lowest BCUT2D eigenvalue weighted by atomic mass is 10.1. The smallest absolute Gasteiger partial charge is 0.286 e. The van der Waals surface area contributed by atoms with Crippen molar-refractivity contribution in [1.29, 1.82) is 0 Å². The number of hydrogen-bond donors (Lipinski definition) is 2. The van der Waals surface area contributed by atoms with E-state index in [0.29, 0.717) is 40.7 Å². The van der Waals surface area contributed by atoms with Crippen LogP contribution in [0.1, 0.15) is 47.8 Å². The van der Waals surface area contributed by atoms with Crippen molar-refractivity contribution in [3.8, 4) is 17.0 Å². The average molecular weight is 498 g/mol. The topological polar surface area (TPSA) is 100 Å². The van der Waals surface area contributed by atoms with Crippen molar-refractivity contribution in [2.75, 3.05) is 19.7 Å². The van der Waals surface area contributed by atoms with Gasteiger partial charge in [0.05, 0.1) is 24.2 Å². The van der Waals surface area contributed by atoms with Gasteiger partial charge in [0.25, 0.3) is 11.8 Å². The van der Waals surface area contributed by atoms with Gasteiger partial charge in [-0.2, -0.15) is 0 Å². The molecule has 1 atom stereocenters. The van der Waals surface area contributed by atoms with Crippen molar-refractivity contribution >= 4 is 22.8 Å². The quantitative estimate of drug-likeness (QED) is 0.514. The van der Waals surface area contributed by atoms with E-state index < -0.39 is 24.4 Å². The molecule has 2 aromatic heterocycles. The minimum Gasteiger partial charge on any atom is -0.493 e. The van der Waals surface area contributed by atoms with Gasteiger partial charge in [-0.05, 0) is 44.7 Å². The number of aromatic nitrogens is 3. The Balaban J connectivity index is 1.47. The fourth-order valence-electron chi connectivity index (χ4n) is 4.63. The van der Waals surface area contributed by atoms with Crippen LogP contribution in [-0.2, 0) is 4.79 Å². The van der Waals surface area contributed by atoms with Crippen molar-refractivity contribution in [1.82, 2.24) is 25.2 Å². The van der Waals surface area contributed by atoms with Gasteiger partial charge in [-0.25, -0.2) is 18.7 Å². The summed E-state index contributed by atoms with van der Waals surface area (Å²) >= 11 is 0. The number of fused-ring (bicyclic) bond motifs is 1. The second kappa shape index (κ2) is 9.15. The number of amides is 2. The van der Waals surface area contributed by atoms with Gasteiger partial charge in [0.15, 0.2) is 0 Å². The third kappa shape index (κ3) is 4.52. The predicted molar refractivity (Wildman–Crippen MR) is 130 cm³/mol. The molecule has 1 aliphatic carbocycles. The first-order chi connectivity index (χ1) is 17.2. The molecule has 1 aliphatic heterocycles. The van der Waals surface area contributed by atoms with Crippen molar-refractivity contribution < 1.29 is 23.1 Å². The third-order valence-electron chi connectivity index (χ3n) is 6.84. The molecule has 0 unspecified atom stereocenters. The van der Waals surface area contributed by atoms with Gasteiger partial charge in [-0.3, -0.25) is 9.59 Å². The number of H-pyrrole nitrogens is 1. The molecule has 8 nitrogen and oxygen atoms in total. The van der Waals surface area contributed by atoms with E-state index in [1.54, 1.807) is 13.8 Å². The largest absolute Gasteiger partial charge is 0.493 e. The molecule has 190 valence electrons. The van der Waals surface area contributed by atoms with Crippen LogP contribution in [0, 0.1) is 19.8 Å². The minimum absolute atomic E-state index is 0.128. The summed E-state index contributed by atoms with van der Waals surface area (Å²) in [7, 11) is 0. The summed E-state index contributed by atoms with van der Waals surface area (Å²) in [6, 6.07) is 4.37. The Morgan fingerprint density at radius 2 is 2.03 bits per heavy atom. The van der Waals surface area contributed by atoms with E-state index in [9.17, 15) is 18.4 Å². The highest BCUT2D eigenvalue weighted by Crippen LogP contribution is 2.37. The van der Waals surface area contributed by atoms with Crippen molar-refractivity contribution in [3.63, 3.8) is 0 Å². The highest BCUT2D eigenvalue weighted by atomic mass is 19.3. The number of hydrogen-bond acceptors (Lipinski definition) is 5. The molecule has 36 heavy (non-hydrogen) atoms. The lowest BCUT2D eigenvalue weighted by Crippen LogP contribution is -2.46. The van der Waals surface area contributed by atoms with Crippen molar-refractivity contribution in [2.24, 2.45) is 5.92 Å². The molecular formula is C26H29F2N5O3. The second-order valence-corrected chi connectivity index (χ2v) is 9.74. The number of benzene rings is 1. The Bertz CT molecular complexity index is 1330. The van der Waals surface area contributed by atoms with Crippen LogP contribution in [0.5, 0.6) is 5.75 Å². The number of carbonyl (C=O) groups excluding carboxylic acids is 2. The Kier molecular flexibility index (Phi) is 6.13. The second-order valence-electron chi connectivity index (χ2n) is 9.74. The van der Waals surface area contributed by atoms with Gasteiger partial charge in [-0.1, -0.05) is 18.6 Å². The number of halogens is 2. The van der Waals surface area contributed by atoms with Crippen LogP contribution in [-0.4, -0.2) is 63.3 Å². The molecule has 0 radical (unpaired) electrons. The maximum atomic E-state index is 14.6. The zero-order valence-electron chi connectivity index (χ0n) is 20.5. The monoisotopic (exact) mass is 497 g/mol. The number of ether oxygens (including phenoxy) is 1. The highest BCUT2D eigenvalue weighted by molar-refractivity contribution is 6.09. The molecule has 2 fully saturated rings. The SMILES string of the molecule is CCC(=O)N1C[C@@H](NC(=O)c2c(C)[nH]c3c(-c4cc(C)ccc4OCC4CC4)ncnc23)C(F)(F)C1. The van der Waals surface area contributed by atoms with Crippen LogP contribution in [0.25, 0.3) is 22.3 Å². The molecule has 0 bridgehead atoms. The fourth-order valence-corrected chi connectivity index (χ4v) is 4.63. The van der Waals surface area contributed by atoms with Gasteiger partial charge in [0.1, 0.15) is 29.3 Å². The van der Waals surface area contributed by atoms with Gasteiger partial charge in [-0.15, -0.1) is 0 Å². The van der Waals surface area contributed by atoms with Gasteiger partial charge in [0.2, 0.25) is 5.91 Å². The van der Waals surface area contributed by atoms with Gasteiger partial charge < -0.3 is 19.9 Å². The van der Waals surface area contributed by atoms with Crippen LogP contribution in [0.15, 0.2) is 24.5 Å². The molecule has 10 heteroatoms. The summed E-state index contributed by atoms with van der Waals surface area (Å²) < 4.78 is 35.3. The molecule has 0 spiro atoms. The summed E-state index contributed by atoms with van der Waals surface area (Å²) in [6.45, 7) is 4.98.